The Kier molecular flexibility index (Phi) is 5.25. The molecule has 108 valence electrons. The van der Waals surface area contributed by atoms with Gasteiger partial charge in [-0.2, -0.15) is 0 Å². The number of esters is 3. The number of carbonyl (C=O) groups excluding carboxylic acids is 3. The van der Waals surface area contributed by atoms with Gasteiger partial charge in [0.05, 0.1) is 6.61 Å². The molecule has 0 spiro atoms. The molecule has 1 aliphatic heterocycles. The van der Waals surface area contributed by atoms with Crippen molar-refractivity contribution in [2.75, 3.05) is 6.61 Å². The third-order valence-corrected chi connectivity index (χ3v) is 2.31. The van der Waals surface area contributed by atoms with Gasteiger partial charge in [-0.1, -0.05) is 0 Å². The first-order valence-electron chi connectivity index (χ1n) is 5.62. The summed E-state index contributed by atoms with van der Waals surface area (Å²) in [6.07, 6.45) is -4.82. The predicted molar refractivity (Wildman–Crippen MR) is 58.6 cm³/mol. The van der Waals surface area contributed by atoms with E-state index in [0.717, 1.165) is 13.8 Å². The molecule has 4 atom stereocenters. The van der Waals surface area contributed by atoms with Gasteiger partial charge in [-0.3, -0.25) is 14.4 Å². The Hall–Kier alpha value is -1.67. The summed E-state index contributed by atoms with van der Waals surface area (Å²) in [5.41, 5.74) is 0. The summed E-state index contributed by atoms with van der Waals surface area (Å²) < 4.78 is 19.6. The largest absolute Gasteiger partial charge is 0.456 e. The van der Waals surface area contributed by atoms with Crippen molar-refractivity contribution in [2.45, 2.75) is 45.4 Å². The fraction of sp³-hybridized carbons (Fsp3) is 0.727. The lowest BCUT2D eigenvalue weighted by atomic mass is 10.0. The van der Waals surface area contributed by atoms with Gasteiger partial charge in [-0.15, -0.1) is 0 Å². The van der Waals surface area contributed by atoms with Gasteiger partial charge < -0.3 is 24.1 Å². The van der Waals surface area contributed by atoms with Crippen LogP contribution in [0.25, 0.3) is 0 Å². The van der Waals surface area contributed by atoms with Crippen LogP contribution in [-0.4, -0.2) is 54.2 Å². The Bertz CT molecular complexity index is 366. The van der Waals surface area contributed by atoms with Crippen LogP contribution in [0.15, 0.2) is 0 Å². The van der Waals surface area contributed by atoms with Gasteiger partial charge in [-0.25, -0.2) is 0 Å². The molecule has 1 heterocycles. The summed E-state index contributed by atoms with van der Waals surface area (Å²) in [6.45, 7) is 3.31. The molecule has 0 aromatic heterocycles. The highest BCUT2D eigenvalue weighted by atomic mass is 16.7. The molecule has 0 aliphatic carbocycles. The summed E-state index contributed by atoms with van der Waals surface area (Å²) in [5, 5.41) is 9.94. The van der Waals surface area contributed by atoms with Crippen molar-refractivity contribution in [3.05, 3.63) is 0 Å². The number of ether oxygens (including phenoxy) is 4. The molecule has 0 bridgehead atoms. The number of aliphatic hydroxyl groups excluding tert-OH is 1. The van der Waals surface area contributed by atoms with Crippen LogP contribution in [0.1, 0.15) is 20.8 Å². The molecule has 0 radical (unpaired) electrons. The molecule has 1 aliphatic rings. The van der Waals surface area contributed by atoms with Crippen LogP contribution in [0.4, 0.5) is 0 Å². The van der Waals surface area contributed by atoms with E-state index >= 15 is 0 Å². The highest BCUT2D eigenvalue weighted by Gasteiger charge is 2.45. The molecule has 8 heteroatoms. The smallest absolute Gasteiger partial charge is 0.305 e. The van der Waals surface area contributed by atoms with Crippen molar-refractivity contribution in [3.63, 3.8) is 0 Å². The minimum atomic E-state index is -1.44. The molecular formula is C11H16O8. The highest BCUT2D eigenvalue weighted by molar-refractivity contribution is 5.67. The van der Waals surface area contributed by atoms with Gasteiger partial charge >= 0.3 is 17.9 Å². The van der Waals surface area contributed by atoms with Crippen LogP contribution < -0.4 is 0 Å². The third-order valence-electron chi connectivity index (χ3n) is 2.31. The minimum Gasteiger partial charge on any atom is -0.456 e. The second kappa shape index (κ2) is 6.48. The van der Waals surface area contributed by atoms with Gasteiger partial charge in [-0.05, 0) is 0 Å². The van der Waals surface area contributed by atoms with Crippen molar-refractivity contribution in [3.8, 4) is 0 Å². The van der Waals surface area contributed by atoms with E-state index < -0.39 is 42.5 Å². The van der Waals surface area contributed by atoms with Crippen LogP contribution in [-0.2, 0) is 33.3 Å². The van der Waals surface area contributed by atoms with Gasteiger partial charge in [0, 0.05) is 20.8 Å². The van der Waals surface area contributed by atoms with Crippen molar-refractivity contribution >= 4 is 17.9 Å². The van der Waals surface area contributed by atoms with E-state index in [1.807, 2.05) is 0 Å². The summed E-state index contributed by atoms with van der Waals surface area (Å²) in [5.74, 6) is -1.93. The zero-order valence-electron chi connectivity index (χ0n) is 10.8. The zero-order valence-corrected chi connectivity index (χ0v) is 10.8. The molecule has 1 fully saturated rings. The number of hydrogen-bond donors (Lipinski definition) is 1. The van der Waals surface area contributed by atoms with Gasteiger partial charge in [0.25, 0.3) is 0 Å². The number of aliphatic hydroxyl groups is 1. The van der Waals surface area contributed by atoms with Gasteiger partial charge in [0.1, 0.15) is 0 Å². The number of rotatable bonds is 3. The molecule has 19 heavy (non-hydrogen) atoms. The van der Waals surface area contributed by atoms with E-state index in [9.17, 15) is 19.5 Å². The molecule has 0 unspecified atom stereocenters. The Morgan fingerprint density at radius 3 is 2.00 bits per heavy atom. The Labute approximate surface area is 109 Å². The molecule has 8 nitrogen and oxygen atoms in total. The summed E-state index contributed by atoms with van der Waals surface area (Å²) in [7, 11) is 0. The normalized spacial score (nSPS) is 30.3. The maximum absolute atomic E-state index is 11.0. The summed E-state index contributed by atoms with van der Waals surface area (Å²) in [6, 6.07) is 0. The first-order chi connectivity index (χ1) is 8.81. The van der Waals surface area contributed by atoms with Crippen molar-refractivity contribution in [1.29, 1.82) is 0 Å². The second-order valence-corrected chi connectivity index (χ2v) is 4.02. The lowest BCUT2D eigenvalue weighted by Gasteiger charge is -2.37. The fourth-order valence-electron chi connectivity index (χ4n) is 1.68. The molecule has 0 saturated carbocycles. The number of hydrogen-bond acceptors (Lipinski definition) is 8. The zero-order chi connectivity index (χ0) is 14.6. The van der Waals surface area contributed by atoms with E-state index in [0.29, 0.717) is 0 Å². The summed E-state index contributed by atoms with van der Waals surface area (Å²) in [4.78, 5) is 32.8. The third kappa shape index (κ3) is 4.49. The molecule has 1 N–H and O–H groups in total. The van der Waals surface area contributed by atoms with Crippen molar-refractivity contribution in [1.82, 2.24) is 0 Å². The van der Waals surface area contributed by atoms with E-state index in [1.165, 1.54) is 6.92 Å². The lowest BCUT2D eigenvalue weighted by molar-refractivity contribution is -0.269. The van der Waals surface area contributed by atoms with E-state index in [4.69, 9.17) is 18.9 Å². The monoisotopic (exact) mass is 276 g/mol. The summed E-state index contributed by atoms with van der Waals surface area (Å²) >= 11 is 0. The van der Waals surface area contributed by atoms with Crippen LogP contribution in [0.3, 0.4) is 0 Å². The van der Waals surface area contributed by atoms with Crippen molar-refractivity contribution < 1.29 is 38.4 Å². The topological polar surface area (TPSA) is 108 Å². The number of carbonyl (C=O) groups is 3. The van der Waals surface area contributed by atoms with Crippen LogP contribution in [0, 0.1) is 0 Å². The molecule has 1 rings (SSSR count). The highest BCUT2D eigenvalue weighted by Crippen LogP contribution is 2.22. The van der Waals surface area contributed by atoms with E-state index in [1.54, 1.807) is 0 Å². The Morgan fingerprint density at radius 1 is 1.00 bits per heavy atom. The average Bonchev–Trinajstić information content (AvgIpc) is 2.26. The molecule has 1 saturated heterocycles. The Morgan fingerprint density at radius 2 is 1.53 bits per heavy atom. The Balaban J connectivity index is 2.79. The van der Waals surface area contributed by atoms with Crippen molar-refractivity contribution in [2.24, 2.45) is 0 Å². The van der Waals surface area contributed by atoms with Gasteiger partial charge in [0.15, 0.2) is 18.3 Å². The maximum atomic E-state index is 11.0. The SMILES string of the molecule is CC(=O)O[C@@H]1OC[C@H](OC(C)=O)[C@H](OC(C)=O)[C@@H]1O. The first-order valence-corrected chi connectivity index (χ1v) is 5.62. The minimum absolute atomic E-state index is 0.160. The molecule has 0 amide bonds. The first kappa shape index (κ1) is 15.4. The average molecular weight is 276 g/mol. The second-order valence-electron chi connectivity index (χ2n) is 4.02. The molecule has 0 aromatic carbocycles. The van der Waals surface area contributed by atoms with E-state index in [-0.39, 0.29) is 6.61 Å². The lowest BCUT2D eigenvalue weighted by Crippen LogP contribution is -2.56. The van der Waals surface area contributed by atoms with E-state index in [2.05, 4.69) is 0 Å². The standard InChI is InChI=1S/C11H16O8/c1-5(12)17-8-4-16-11(19-7(3)14)9(15)10(8)18-6(2)13/h8-11,15H,4H2,1-3H3/t8-,9-,10-,11-/m0/s1. The fourth-order valence-corrected chi connectivity index (χ4v) is 1.68. The van der Waals surface area contributed by atoms with Crippen LogP contribution in [0.2, 0.25) is 0 Å². The maximum Gasteiger partial charge on any atom is 0.305 e. The van der Waals surface area contributed by atoms with Crippen LogP contribution in [0.5, 0.6) is 0 Å². The van der Waals surface area contributed by atoms with Crippen LogP contribution >= 0.6 is 0 Å². The molecular weight excluding hydrogens is 260 g/mol. The van der Waals surface area contributed by atoms with Gasteiger partial charge in [0.2, 0.25) is 6.29 Å². The predicted octanol–water partition coefficient (Wildman–Crippen LogP) is -0.870. The quantitative estimate of drug-likeness (QED) is 0.523. The molecule has 0 aromatic rings.